The Balaban J connectivity index is 2.06. The van der Waals surface area contributed by atoms with Crippen molar-refractivity contribution in [1.82, 2.24) is 0 Å². The van der Waals surface area contributed by atoms with Gasteiger partial charge in [-0.25, -0.2) is 0 Å². The largest absolute Gasteiger partial charge is 0.497 e. The monoisotopic (exact) mass is 294 g/mol. The Hall–Kier alpha value is -1.98. The summed E-state index contributed by atoms with van der Waals surface area (Å²) < 4.78 is 5.18. The quantitative estimate of drug-likeness (QED) is 0.597. The summed E-state index contributed by atoms with van der Waals surface area (Å²) in [5.41, 5.74) is 7.10. The maximum Gasteiger partial charge on any atom is 0.129 e. The van der Waals surface area contributed by atoms with Crippen LogP contribution in [0, 0.1) is 11.5 Å². The molecule has 0 heterocycles. The van der Waals surface area contributed by atoms with E-state index in [4.69, 9.17) is 4.74 Å². The minimum atomic E-state index is -1.30. The zero-order valence-corrected chi connectivity index (χ0v) is 14.2. The molecule has 0 amide bonds. The van der Waals surface area contributed by atoms with E-state index in [1.54, 1.807) is 7.11 Å². The highest BCUT2D eigenvalue weighted by molar-refractivity contribution is 6.83. The number of hydrogen-bond donors (Lipinski definition) is 0. The van der Waals surface area contributed by atoms with E-state index < -0.39 is 8.07 Å². The minimum Gasteiger partial charge on any atom is -0.497 e. The van der Waals surface area contributed by atoms with Crippen molar-refractivity contribution in [1.29, 1.82) is 0 Å². The molecule has 0 aliphatic heterocycles. The summed E-state index contributed by atoms with van der Waals surface area (Å²) in [5.74, 6) is 4.18. The van der Waals surface area contributed by atoms with Gasteiger partial charge in [-0.1, -0.05) is 49.8 Å². The zero-order valence-electron chi connectivity index (χ0n) is 13.2. The molecule has 0 N–H and O–H groups in total. The van der Waals surface area contributed by atoms with Crippen LogP contribution >= 0.6 is 0 Å². The first-order valence-electron chi connectivity index (χ1n) is 7.21. The summed E-state index contributed by atoms with van der Waals surface area (Å²) in [6, 6.07) is 16.8. The summed E-state index contributed by atoms with van der Waals surface area (Å²) in [4.78, 5) is 0. The second-order valence-electron chi connectivity index (χ2n) is 6.22. The second-order valence-corrected chi connectivity index (χ2v) is 11.0. The number of hydrogen-bond acceptors (Lipinski definition) is 1. The van der Waals surface area contributed by atoms with E-state index in [9.17, 15) is 0 Å². The fourth-order valence-electron chi connectivity index (χ4n) is 1.94. The van der Waals surface area contributed by atoms with Crippen molar-refractivity contribution in [2.45, 2.75) is 26.1 Å². The van der Waals surface area contributed by atoms with Gasteiger partial charge in [-0.2, -0.15) is 0 Å². The van der Waals surface area contributed by atoms with Crippen LogP contribution in [0.25, 0.3) is 0 Å². The van der Waals surface area contributed by atoms with Crippen molar-refractivity contribution in [2.75, 3.05) is 7.11 Å². The van der Waals surface area contributed by atoms with Crippen LogP contribution in [0.4, 0.5) is 0 Å². The minimum absolute atomic E-state index is 0.899. The lowest BCUT2D eigenvalue weighted by atomic mass is 10.0. The SMILES string of the molecule is COc1ccc(Cc2ccc(C#C[Si](C)(C)C)cc2)cc1. The molecule has 1 nitrogen and oxygen atoms in total. The van der Waals surface area contributed by atoms with E-state index in [1.807, 2.05) is 12.1 Å². The molecule has 0 aliphatic carbocycles. The molecular weight excluding hydrogens is 272 g/mol. The summed E-state index contributed by atoms with van der Waals surface area (Å²) >= 11 is 0. The standard InChI is InChI=1S/C19H22OSi/c1-20-19-11-9-18(10-12-19)15-17-7-5-16(6-8-17)13-14-21(2,3)4/h5-12H,15H2,1-4H3. The van der Waals surface area contributed by atoms with E-state index in [2.05, 4.69) is 67.5 Å². The molecule has 0 spiro atoms. The number of benzene rings is 2. The van der Waals surface area contributed by atoms with Gasteiger partial charge in [-0.15, -0.1) is 5.54 Å². The molecule has 2 aromatic rings. The first-order chi connectivity index (χ1) is 9.96. The maximum atomic E-state index is 5.18. The van der Waals surface area contributed by atoms with Gasteiger partial charge in [0.2, 0.25) is 0 Å². The van der Waals surface area contributed by atoms with Gasteiger partial charge < -0.3 is 4.74 Å². The van der Waals surface area contributed by atoms with Gasteiger partial charge in [0.05, 0.1) is 7.11 Å². The van der Waals surface area contributed by atoms with Crippen LogP contribution in [0.2, 0.25) is 19.6 Å². The van der Waals surface area contributed by atoms with Gasteiger partial charge in [-0.05, 0) is 41.8 Å². The van der Waals surface area contributed by atoms with Crippen LogP contribution in [-0.4, -0.2) is 15.2 Å². The normalized spacial score (nSPS) is 10.7. The molecule has 0 bridgehead atoms. The third kappa shape index (κ3) is 5.13. The van der Waals surface area contributed by atoms with Crippen molar-refractivity contribution in [3.63, 3.8) is 0 Å². The van der Waals surface area contributed by atoms with Crippen LogP contribution < -0.4 is 4.74 Å². The molecule has 0 saturated heterocycles. The second kappa shape index (κ2) is 6.65. The highest BCUT2D eigenvalue weighted by atomic mass is 28.3. The predicted octanol–water partition coefficient (Wildman–Crippen LogP) is 4.51. The smallest absolute Gasteiger partial charge is 0.129 e. The molecule has 21 heavy (non-hydrogen) atoms. The van der Waals surface area contributed by atoms with Crippen molar-refractivity contribution in [3.05, 3.63) is 65.2 Å². The fraction of sp³-hybridized carbons (Fsp3) is 0.263. The van der Waals surface area contributed by atoms with E-state index in [0.717, 1.165) is 17.7 Å². The molecule has 0 aromatic heterocycles. The lowest BCUT2D eigenvalue weighted by molar-refractivity contribution is 0.414. The van der Waals surface area contributed by atoms with Gasteiger partial charge >= 0.3 is 0 Å². The fourth-order valence-corrected chi connectivity index (χ4v) is 2.46. The zero-order chi connectivity index (χ0) is 15.3. The third-order valence-electron chi connectivity index (χ3n) is 3.10. The highest BCUT2D eigenvalue weighted by Gasteiger charge is 2.07. The molecular formula is C19H22OSi. The Kier molecular flexibility index (Phi) is 4.88. The van der Waals surface area contributed by atoms with Gasteiger partial charge in [0, 0.05) is 5.56 Å². The molecule has 0 saturated carbocycles. The Bertz CT molecular complexity index is 637. The maximum absolute atomic E-state index is 5.18. The molecule has 108 valence electrons. The lowest BCUT2D eigenvalue weighted by Gasteiger charge is -2.05. The van der Waals surface area contributed by atoms with Crippen molar-refractivity contribution >= 4 is 8.07 Å². The third-order valence-corrected chi connectivity index (χ3v) is 3.98. The van der Waals surface area contributed by atoms with Gasteiger partial charge in [0.15, 0.2) is 0 Å². The van der Waals surface area contributed by atoms with E-state index in [0.29, 0.717) is 0 Å². The average molecular weight is 294 g/mol. The predicted molar refractivity (Wildman–Crippen MR) is 92.5 cm³/mol. The highest BCUT2D eigenvalue weighted by Crippen LogP contribution is 2.15. The van der Waals surface area contributed by atoms with E-state index in [1.165, 1.54) is 11.1 Å². The molecule has 0 fully saturated rings. The molecule has 0 aliphatic rings. The van der Waals surface area contributed by atoms with Crippen LogP contribution in [-0.2, 0) is 6.42 Å². The lowest BCUT2D eigenvalue weighted by Crippen LogP contribution is -2.16. The summed E-state index contributed by atoms with van der Waals surface area (Å²) in [6.07, 6.45) is 0.936. The summed E-state index contributed by atoms with van der Waals surface area (Å²) in [6.45, 7) is 6.79. The van der Waals surface area contributed by atoms with Crippen LogP contribution in [0.1, 0.15) is 16.7 Å². The number of methoxy groups -OCH3 is 1. The molecule has 0 radical (unpaired) electrons. The molecule has 2 heteroatoms. The van der Waals surface area contributed by atoms with Gasteiger partial charge in [0.1, 0.15) is 13.8 Å². The Morgan fingerprint density at radius 1 is 0.857 bits per heavy atom. The topological polar surface area (TPSA) is 9.23 Å². The molecule has 0 atom stereocenters. The van der Waals surface area contributed by atoms with Crippen LogP contribution in [0.15, 0.2) is 48.5 Å². The molecule has 2 rings (SSSR count). The van der Waals surface area contributed by atoms with Gasteiger partial charge in [-0.3, -0.25) is 0 Å². The Morgan fingerprint density at radius 3 is 1.86 bits per heavy atom. The number of ether oxygens (including phenoxy) is 1. The molecule has 2 aromatic carbocycles. The Labute approximate surface area is 129 Å². The summed E-state index contributed by atoms with van der Waals surface area (Å²) in [5, 5.41) is 0. The first-order valence-corrected chi connectivity index (χ1v) is 10.7. The van der Waals surface area contributed by atoms with Crippen molar-refractivity contribution in [3.8, 4) is 17.2 Å². The summed E-state index contributed by atoms with van der Waals surface area (Å²) in [7, 11) is 0.393. The number of rotatable bonds is 3. The average Bonchev–Trinajstić information content (AvgIpc) is 2.46. The van der Waals surface area contributed by atoms with Crippen molar-refractivity contribution < 1.29 is 4.74 Å². The first kappa shape index (κ1) is 15.4. The van der Waals surface area contributed by atoms with E-state index >= 15 is 0 Å². The molecule has 0 unspecified atom stereocenters. The van der Waals surface area contributed by atoms with Crippen LogP contribution in [0.3, 0.4) is 0 Å². The Morgan fingerprint density at radius 2 is 1.38 bits per heavy atom. The van der Waals surface area contributed by atoms with Crippen LogP contribution in [0.5, 0.6) is 5.75 Å². The van der Waals surface area contributed by atoms with E-state index in [-0.39, 0.29) is 0 Å². The van der Waals surface area contributed by atoms with Gasteiger partial charge in [0.25, 0.3) is 0 Å². The van der Waals surface area contributed by atoms with Crippen molar-refractivity contribution in [2.24, 2.45) is 0 Å².